The fourth-order valence-electron chi connectivity index (χ4n) is 3.86. The minimum atomic E-state index is 0.0264. The molecule has 1 atom stereocenters. The summed E-state index contributed by atoms with van der Waals surface area (Å²) in [5.41, 5.74) is 3.39. The van der Waals surface area contributed by atoms with Crippen molar-refractivity contribution in [1.82, 2.24) is 20.4 Å². The minimum absolute atomic E-state index is 0.0264. The molecule has 1 saturated carbocycles. The summed E-state index contributed by atoms with van der Waals surface area (Å²) in [5, 5.41) is 10.9. The molecule has 0 unspecified atom stereocenters. The molecule has 1 amide bonds. The summed E-state index contributed by atoms with van der Waals surface area (Å²) < 4.78 is 2.10. The summed E-state index contributed by atoms with van der Waals surface area (Å²) >= 11 is 0. The van der Waals surface area contributed by atoms with Crippen molar-refractivity contribution in [3.05, 3.63) is 53.3 Å². The Morgan fingerprint density at radius 1 is 1.23 bits per heavy atom. The van der Waals surface area contributed by atoms with E-state index in [1.54, 1.807) is 0 Å². The molecular formula is C21H28N4O. The molecule has 0 radical (unpaired) electrons. The molecule has 5 heteroatoms. The Morgan fingerprint density at radius 3 is 2.96 bits per heavy atom. The Morgan fingerprint density at radius 2 is 2.15 bits per heavy atom. The van der Waals surface area contributed by atoms with E-state index in [2.05, 4.69) is 38.6 Å². The SMILES string of the molecule is O=C(NCCCn1nccc1C1CC1)c1cccc([C@@H]2CCCNC2)c1. The van der Waals surface area contributed by atoms with Crippen LogP contribution in [0.1, 0.15) is 65.6 Å². The minimum Gasteiger partial charge on any atom is -0.352 e. The van der Waals surface area contributed by atoms with Gasteiger partial charge in [-0.15, -0.1) is 0 Å². The molecule has 1 aromatic carbocycles. The number of piperidine rings is 1. The van der Waals surface area contributed by atoms with Crippen LogP contribution in [-0.2, 0) is 6.54 Å². The van der Waals surface area contributed by atoms with Crippen molar-refractivity contribution in [2.45, 2.75) is 50.5 Å². The molecule has 5 nitrogen and oxygen atoms in total. The third kappa shape index (κ3) is 4.15. The second kappa shape index (κ2) is 8.04. The van der Waals surface area contributed by atoms with Crippen LogP contribution in [0, 0.1) is 0 Å². The molecule has 2 heterocycles. The van der Waals surface area contributed by atoms with E-state index < -0.39 is 0 Å². The quantitative estimate of drug-likeness (QED) is 0.753. The molecule has 4 rings (SSSR count). The first-order valence-electron chi connectivity index (χ1n) is 9.92. The first kappa shape index (κ1) is 17.3. The molecule has 1 saturated heterocycles. The van der Waals surface area contributed by atoms with Crippen LogP contribution < -0.4 is 10.6 Å². The molecule has 0 bridgehead atoms. The molecule has 0 spiro atoms. The lowest BCUT2D eigenvalue weighted by molar-refractivity contribution is 0.0952. The van der Waals surface area contributed by atoms with E-state index >= 15 is 0 Å². The summed E-state index contributed by atoms with van der Waals surface area (Å²) in [7, 11) is 0. The van der Waals surface area contributed by atoms with Gasteiger partial charge in [0.15, 0.2) is 0 Å². The number of nitrogens with zero attached hydrogens (tertiary/aromatic N) is 2. The molecule has 26 heavy (non-hydrogen) atoms. The number of hydrogen-bond acceptors (Lipinski definition) is 3. The van der Waals surface area contributed by atoms with Crippen molar-refractivity contribution < 1.29 is 4.79 Å². The number of hydrogen-bond donors (Lipinski definition) is 2. The highest BCUT2D eigenvalue weighted by molar-refractivity contribution is 5.94. The fourth-order valence-corrected chi connectivity index (χ4v) is 3.86. The number of benzene rings is 1. The third-order valence-electron chi connectivity index (χ3n) is 5.49. The van der Waals surface area contributed by atoms with Crippen molar-refractivity contribution in [2.24, 2.45) is 0 Å². The first-order valence-corrected chi connectivity index (χ1v) is 9.92. The van der Waals surface area contributed by atoms with E-state index in [-0.39, 0.29) is 5.91 Å². The standard InChI is InChI=1S/C21H28N4O/c26-21(18-5-1-4-17(14-18)19-6-2-10-22-15-19)23-11-3-13-25-20(9-12-24-25)16-7-8-16/h1,4-5,9,12,14,16,19,22H,2-3,6-8,10-11,13,15H2,(H,23,26)/t19-/m1/s1. The molecule has 1 aliphatic carbocycles. The van der Waals surface area contributed by atoms with Gasteiger partial charge in [-0.25, -0.2) is 0 Å². The Labute approximate surface area is 155 Å². The Hall–Kier alpha value is -2.14. The van der Waals surface area contributed by atoms with Crippen molar-refractivity contribution in [3.8, 4) is 0 Å². The maximum Gasteiger partial charge on any atom is 0.251 e. The number of rotatable bonds is 7. The van der Waals surface area contributed by atoms with Gasteiger partial charge in [0, 0.05) is 43.0 Å². The summed E-state index contributed by atoms with van der Waals surface area (Å²) in [6.07, 6.45) is 7.77. The van der Waals surface area contributed by atoms with E-state index in [0.717, 1.165) is 31.6 Å². The van der Waals surface area contributed by atoms with Gasteiger partial charge in [0.25, 0.3) is 5.91 Å². The fraction of sp³-hybridized carbons (Fsp3) is 0.524. The van der Waals surface area contributed by atoms with E-state index in [0.29, 0.717) is 18.4 Å². The summed E-state index contributed by atoms with van der Waals surface area (Å²) in [4.78, 5) is 12.5. The Bertz CT molecular complexity index is 744. The average Bonchev–Trinajstić information content (AvgIpc) is 3.44. The predicted octanol–water partition coefficient (Wildman–Crippen LogP) is 3.05. The molecule has 2 N–H and O–H groups in total. The van der Waals surface area contributed by atoms with E-state index in [9.17, 15) is 4.79 Å². The van der Waals surface area contributed by atoms with Gasteiger partial charge >= 0.3 is 0 Å². The lowest BCUT2D eigenvalue weighted by Gasteiger charge is -2.23. The smallest absolute Gasteiger partial charge is 0.251 e. The van der Waals surface area contributed by atoms with Crippen LogP contribution in [0.5, 0.6) is 0 Å². The summed E-state index contributed by atoms with van der Waals surface area (Å²) in [6.45, 7) is 3.67. The van der Waals surface area contributed by atoms with E-state index in [4.69, 9.17) is 0 Å². The van der Waals surface area contributed by atoms with Gasteiger partial charge in [-0.1, -0.05) is 12.1 Å². The molecule has 1 aromatic heterocycles. The maximum atomic E-state index is 12.5. The summed E-state index contributed by atoms with van der Waals surface area (Å²) in [5.74, 6) is 1.26. The van der Waals surface area contributed by atoms with Gasteiger partial charge in [0.1, 0.15) is 0 Å². The van der Waals surface area contributed by atoms with Crippen LogP contribution in [0.3, 0.4) is 0 Å². The van der Waals surface area contributed by atoms with Crippen molar-refractivity contribution in [1.29, 1.82) is 0 Å². The molecule has 2 aliphatic rings. The highest BCUT2D eigenvalue weighted by atomic mass is 16.1. The molecule has 138 valence electrons. The Kier molecular flexibility index (Phi) is 5.34. The number of nitrogens with one attached hydrogen (secondary N) is 2. The number of carbonyl (C=O) groups is 1. The van der Waals surface area contributed by atoms with Crippen molar-refractivity contribution in [2.75, 3.05) is 19.6 Å². The van der Waals surface area contributed by atoms with Crippen LogP contribution in [0.15, 0.2) is 36.5 Å². The predicted molar refractivity (Wildman–Crippen MR) is 102 cm³/mol. The zero-order chi connectivity index (χ0) is 17.8. The van der Waals surface area contributed by atoms with Crippen LogP contribution in [0.2, 0.25) is 0 Å². The van der Waals surface area contributed by atoms with Crippen LogP contribution >= 0.6 is 0 Å². The molecule has 2 fully saturated rings. The van der Waals surface area contributed by atoms with Crippen LogP contribution in [-0.4, -0.2) is 35.3 Å². The highest BCUT2D eigenvalue weighted by Gasteiger charge is 2.26. The second-order valence-corrected chi connectivity index (χ2v) is 7.53. The Balaban J connectivity index is 1.27. The van der Waals surface area contributed by atoms with Crippen LogP contribution in [0.25, 0.3) is 0 Å². The van der Waals surface area contributed by atoms with Crippen molar-refractivity contribution in [3.63, 3.8) is 0 Å². The normalized spacial score (nSPS) is 20.1. The van der Waals surface area contributed by atoms with Gasteiger partial charge in [-0.2, -0.15) is 5.10 Å². The van der Waals surface area contributed by atoms with Gasteiger partial charge < -0.3 is 10.6 Å². The van der Waals surface area contributed by atoms with E-state index in [1.165, 1.54) is 36.9 Å². The lowest BCUT2D eigenvalue weighted by atomic mass is 9.90. The van der Waals surface area contributed by atoms with Gasteiger partial charge in [0.2, 0.25) is 0 Å². The van der Waals surface area contributed by atoms with Gasteiger partial charge in [-0.05, 0) is 68.3 Å². The second-order valence-electron chi connectivity index (χ2n) is 7.53. The van der Waals surface area contributed by atoms with Gasteiger partial charge in [0.05, 0.1) is 0 Å². The largest absolute Gasteiger partial charge is 0.352 e. The summed E-state index contributed by atoms with van der Waals surface area (Å²) in [6, 6.07) is 10.2. The number of aryl methyl sites for hydroxylation is 1. The molecular weight excluding hydrogens is 324 g/mol. The molecule has 1 aliphatic heterocycles. The maximum absolute atomic E-state index is 12.5. The molecule has 2 aromatic rings. The number of aromatic nitrogens is 2. The van der Waals surface area contributed by atoms with Crippen molar-refractivity contribution >= 4 is 5.91 Å². The number of carbonyl (C=O) groups excluding carboxylic acids is 1. The average molecular weight is 352 g/mol. The highest BCUT2D eigenvalue weighted by Crippen LogP contribution is 2.39. The zero-order valence-electron chi connectivity index (χ0n) is 15.3. The first-order chi connectivity index (χ1) is 12.8. The topological polar surface area (TPSA) is 59.0 Å². The van der Waals surface area contributed by atoms with Gasteiger partial charge in [-0.3, -0.25) is 9.48 Å². The zero-order valence-corrected chi connectivity index (χ0v) is 15.3. The third-order valence-corrected chi connectivity index (χ3v) is 5.49. The lowest BCUT2D eigenvalue weighted by Crippen LogP contribution is -2.29. The number of amides is 1. The van der Waals surface area contributed by atoms with Crippen LogP contribution in [0.4, 0.5) is 0 Å². The van der Waals surface area contributed by atoms with E-state index in [1.807, 2.05) is 18.3 Å². The monoisotopic (exact) mass is 352 g/mol.